The molecule has 0 aliphatic carbocycles. The lowest BCUT2D eigenvalue weighted by Crippen LogP contribution is -2.44. The van der Waals surface area contributed by atoms with Gasteiger partial charge in [0, 0.05) is 23.4 Å². The quantitative estimate of drug-likeness (QED) is 0.719. The molecule has 1 atom stereocenters. The summed E-state index contributed by atoms with van der Waals surface area (Å²) in [4.78, 5) is 14.3. The fourth-order valence-electron chi connectivity index (χ4n) is 3.49. The van der Waals surface area contributed by atoms with Gasteiger partial charge in [-0.3, -0.25) is 4.79 Å². The summed E-state index contributed by atoms with van der Waals surface area (Å²) in [5.41, 5.74) is 1.70. The number of furan rings is 1. The topological polar surface area (TPSA) is 42.7 Å². The Morgan fingerprint density at radius 1 is 1.17 bits per heavy atom. The first-order valence-electron chi connectivity index (χ1n) is 8.56. The average molecular weight is 323 g/mol. The van der Waals surface area contributed by atoms with E-state index in [1.54, 1.807) is 0 Å². The Morgan fingerprint density at radius 3 is 2.88 bits per heavy atom. The Labute approximate surface area is 141 Å². The SMILES string of the molecule is C[C@H]1CCCCN1C(=O)COc1ccc2oc3ccccc3c2c1. The van der Waals surface area contributed by atoms with E-state index in [0.717, 1.165) is 41.3 Å². The first-order chi connectivity index (χ1) is 11.7. The van der Waals surface area contributed by atoms with Gasteiger partial charge in [0.25, 0.3) is 5.91 Å². The lowest BCUT2D eigenvalue weighted by atomic mass is 10.0. The third-order valence-electron chi connectivity index (χ3n) is 4.83. The largest absolute Gasteiger partial charge is 0.484 e. The summed E-state index contributed by atoms with van der Waals surface area (Å²) < 4.78 is 11.6. The van der Waals surface area contributed by atoms with Crippen molar-refractivity contribution in [3.8, 4) is 5.75 Å². The van der Waals surface area contributed by atoms with Gasteiger partial charge in [0.1, 0.15) is 16.9 Å². The first kappa shape index (κ1) is 15.1. The summed E-state index contributed by atoms with van der Waals surface area (Å²) in [7, 11) is 0. The maximum absolute atomic E-state index is 12.4. The third kappa shape index (κ3) is 2.73. The number of ether oxygens (including phenoxy) is 1. The van der Waals surface area contributed by atoms with Crippen molar-refractivity contribution >= 4 is 27.8 Å². The zero-order chi connectivity index (χ0) is 16.5. The number of piperidine rings is 1. The van der Waals surface area contributed by atoms with Gasteiger partial charge in [-0.05, 0) is 50.5 Å². The lowest BCUT2D eigenvalue weighted by molar-refractivity contribution is -0.136. The number of nitrogens with zero attached hydrogens (tertiary/aromatic N) is 1. The number of hydrogen-bond acceptors (Lipinski definition) is 3. The number of fused-ring (bicyclic) bond motifs is 3. The Morgan fingerprint density at radius 2 is 2.00 bits per heavy atom. The van der Waals surface area contributed by atoms with Gasteiger partial charge in [-0.2, -0.15) is 0 Å². The van der Waals surface area contributed by atoms with Crippen molar-refractivity contribution in [1.29, 1.82) is 0 Å². The van der Waals surface area contributed by atoms with Gasteiger partial charge in [-0.1, -0.05) is 18.2 Å². The maximum atomic E-state index is 12.4. The molecule has 4 heteroatoms. The van der Waals surface area contributed by atoms with Crippen molar-refractivity contribution in [2.75, 3.05) is 13.2 Å². The predicted octanol–water partition coefficient (Wildman–Crippen LogP) is 4.37. The molecule has 1 aliphatic heterocycles. The molecule has 3 aromatic rings. The molecule has 0 bridgehead atoms. The second-order valence-corrected chi connectivity index (χ2v) is 6.48. The third-order valence-corrected chi connectivity index (χ3v) is 4.83. The van der Waals surface area contributed by atoms with Crippen LogP contribution in [0, 0.1) is 0 Å². The molecule has 24 heavy (non-hydrogen) atoms. The van der Waals surface area contributed by atoms with Crippen LogP contribution in [0.3, 0.4) is 0 Å². The smallest absolute Gasteiger partial charge is 0.260 e. The highest BCUT2D eigenvalue weighted by Crippen LogP contribution is 2.31. The van der Waals surface area contributed by atoms with E-state index in [9.17, 15) is 4.79 Å². The van der Waals surface area contributed by atoms with E-state index in [4.69, 9.17) is 9.15 Å². The molecule has 1 fully saturated rings. The standard InChI is InChI=1S/C20H21NO3/c1-14-6-4-5-11-21(14)20(22)13-23-15-9-10-19-17(12-15)16-7-2-3-8-18(16)24-19/h2-3,7-10,12,14H,4-6,11,13H2,1H3/t14-/m0/s1. The minimum Gasteiger partial charge on any atom is -0.484 e. The molecule has 0 saturated carbocycles. The van der Waals surface area contributed by atoms with E-state index >= 15 is 0 Å². The second-order valence-electron chi connectivity index (χ2n) is 6.48. The van der Waals surface area contributed by atoms with Crippen molar-refractivity contribution in [2.45, 2.75) is 32.2 Å². The van der Waals surface area contributed by atoms with E-state index in [1.807, 2.05) is 47.4 Å². The summed E-state index contributed by atoms with van der Waals surface area (Å²) in [6.07, 6.45) is 3.37. The van der Waals surface area contributed by atoms with Crippen LogP contribution in [0.4, 0.5) is 0 Å². The van der Waals surface area contributed by atoms with Crippen LogP contribution in [0.25, 0.3) is 21.9 Å². The van der Waals surface area contributed by atoms with Crippen LogP contribution >= 0.6 is 0 Å². The van der Waals surface area contributed by atoms with E-state index < -0.39 is 0 Å². The summed E-state index contributed by atoms with van der Waals surface area (Å²) in [6.45, 7) is 3.04. The maximum Gasteiger partial charge on any atom is 0.260 e. The molecule has 0 spiro atoms. The van der Waals surface area contributed by atoms with Crippen LogP contribution in [-0.2, 0) is 4.79 Å². The van der Waals surface area contributed by atoms with Gasteiger partial charge in [0.15, 0.2) is 6.61 Å². The molecule has 1 aromatic heterocycles. The van der Waals surface area contributed by atoms with Gasteiger partial charge < -0.3 is 14.1 Å². The second kappa shape index (κ2) is 6.19. The van der Waals surface area contributed by atoms with Gasteiger partial charge in [-0.15, -0.1) is 0 Å². The minimum absolute atomic E-state index is 0.0688. The van der Waals surface area contributed by atoms with Crippen molar-refractivity contribution in [2.24, 2.45) is 0 Å². The highest BCUT2D eigenvalue weighted by molar-refractivity contribution is 6.05. The number of para-hydroxylation sites is 1. The Balaban J connectivity index is 1.52. The summed E-state index contributed by atoms with van der Waals surface area (Å²) in [5, 5.41) is 2.08. The summed E-state index contributed by atoms with van der Waals surface area (Å²) in [5.74, 6) is 0.770. The molecular formula is C20H21NO3. The van der Waals surface area contributed by atoms with Crippen molar-refractivity contribution < 1.29 is 13.9 Å². The first-order valence-corrected chi connectivity index (χ1v) is 8.56. The van der Waals surface area contributed by atoms with Crippen LogP contribution in [0.5, 0.6) is 5.75 Å². The van der Waals surface area contributed by atoms with Crippen molar-refractivity contribution in [1.82, 2.24) is 4.90 Å². The number of carbonyl (C=O) groups excluding carboxylic acids is 1. The molecule has 124 valence electrons. The number of amides is 1. The molecule has 1 amide bonds. The molecule has 1 saturated heterocycles. The fraction of sp³-hybridized carbons (Fsp3) is 0.350. The van der Waals surface area contributed by atoms with E-state index in [-0.39, 0.29) is 12.5 Å². The molecule has 4 nitrogen and oxygen atoms in total. The number of likely N-dealkylation sites (tertiary alicyclic amines) is 1. The molecule has 0 radical (unpaired) electrons. The Hall–Kier alpha value is -2.49. The average Bonchev–Trinajstić information content (AvgIpc) is 2.98. The van der Waals surface area contributed by atoms with Crippen molar-refractivity contribution in [3.63, 3.8) is 0 Å². The Bertz CT molecular complexity index is 883. The van der Waals surface area contributed by atoms with Gasteiger partial charge in [0.2, 0.25) is 0 Å². The van der Waals surface area contributed by atoms with Crippen LogP contribution in [0.1, 0.15) is 26.2 Å². The van der Waals surface area contributed by atoms with Gasteiger partial charge in [0.05, 0.1) is 0 Å². The van der Waals surface area contributed by atoms with Crippen LogP contribution in [0.2, 0.25) is 0 Å². The highest BCUT2D eigenvalue weighted by Gasteiger charge is 2.23. The predicted molar refractivity (Wildman–Crippen MR) is 94.2 cm³/mol. The number of benzene rings is 2. The Kier molecular flexibility index (Phi) is 3.89. The molecule has 2 heterocycles. The summed E-state index contributed by atoms with van der Waals surface area (Å²) >= 11 is 0. The molecule has 0 N–H and O–H groups in total. The van der Waals surface area contributed by atoms with Gasteiger partial charge >= 0.3 is 0 Å². The molecule has 0 unspecified atom stereocenters. The van der Waals surface area contributed by atoms with Crippen LogP contribution < -0.4 is 4.74 Å². The molecular weight excluding hydrogens is 302 g/mol. The minimum atomic E-state index is 0.0688. The zero-order valence-electron chi connectivity index (χ0n) is 13.8. The molecule has 2 aromatic carbocycles. The van der Waals surface area contributed by atoms with Crippen molar-refractivity contribution in [3.05, 3.63) is 42.5 Å². The number of carbonyl (C=O) groups is 1. The van der Waals surface area contributed by atoms with Gasteiger partial charge in [-0.25, -0.2) is 0 Å². The number of hydrogen-bond donors (Lipinski definition) is 0. The highest BCUT2D eigenvalue weighted by atomic mass is 16.5. The van der Waals surface area contributed by atoms with Crippen LogP contribution in [0.15, 0.2) is 46.9 Å². The number of rotatable bonds is 3. The molecule has 1 aliphatic rings. The molecule has 4 rings (SSSR count). The normalized spacial score (nSPS) is 18.2. The zero-order valence-corrected chi connectivity index (χ0v) is 13.8. The lowest BCUT2D eigenvalue weighted by Gasteiger charge is -2.33. The van der Waals surface area contributed by atoms with E-state index in [2.05, 4.69) is 6.92 Å². The van der Waals surface area contributed by atoms with Crippen LogP contribution in [-0.4, -0.2) is 30.0 Å². The van der Waals surface area contributed by atoms with E-state index in [1.165, 1.54) is 6.42 Å². The monoisotopic (exact) mass is 323 g/mol. The summed E-state index contributed by atoms with van der Waals surface area (Å²) in [6, 6.07) is 14.0. The van der Waals surface area contributed by atoms with E-state index in [0.29, 0.717) is 11.8 Å². The fourth-order valence-corrected chi connectivity index (χ4v) is 3.49.